The molecule has 1 saturated heterocycles. The predicted molar refractivity (Wildman–Crippen MR) is 83.8 cm³/mol. The lowest BCUT2D eigenvalue weighted by molar-refractivity contribution is 0.0497. The molecular weight excluding hydrogens is 264 g/mol. The van der Waals surface area contributed by atoms with Crippen LogP contribution in [0.25, 0.3) is 0 Å². The van der Waals surface area contributed by atoms with Crippen molar-refractivity contribution in [2.45, 2.75) is 25.7 Å². The number of nitrogens with zero attached hydrogens (tertiary/aromatic N) is 1. The highest BCUT2D eigenvalue weighted by Crippen LogP contribution is 2.27. The summed E-state index contributed by atoms with van der Waals surface area (Å²) in [7, 11) is 1.92. The second-order valence-corrected chi connectivity index (χ2v) is 6.11. The fourth-order valence-electron chi connectivity index (χ4n) is 3.29. The molecule has 1 N–H and O–H groups in total. The number of ether oxygens (including phenoxy) is 1. The van der Waals surface area contributed by atoms with Crippen LogP contribution in [0.1, 0.15) is 35.2 Å². The van der Waals surface area contributed by atoms with Gasteiger partial charge < -0.3 is 15.0 Å². The van der Waals surface area contributed by atoms with E-state index in [9.17, 15) is 4.79 Å². The number of anilines is 1. The Morgan fingerprint density at radius 2 is 2.19 bits per heavy atom. The van der Waals surface area contributed by atoms with Gasteiger partial charge in [-0.15, -0.1) is 0 Å². The first-order chi connectivity index (χ1) is 10.3. The zero-order chi connectivity index (χ0) is 14.7. The van der Waals surface area contributed by atoms with E-state index in [0.29, 0.717) is 5.92 Å². The maximum absolute atomic E-state index is 12.7. The van der Waals surface area contributed by atoms with E-state index < -0.39 is 0 Å². The zero-order valence-electron chi connectivity index (χ0n) is 12.7. The van der Waals surface area contributed by atoms with Crippen molar-refractivity contribution >= 4 is 11.6 Å². The second kappa shape index (κ2) is 6.48. The van der Waals surface area contributed by atoms with Gasteiger partial charge in [-0.2, -0.15) is 0 Å². The second-order valence-electron chi connectivity index (χ2n) is 6.11. The van der Waals surface area contributed by atoms with Gasteiger partial charge in [-0.05, 0) is 43.2 Å². The minimum Gasteiger partial charge on any atom is -0.384 e. The number of para-hydroxylation sites is 1. The molecule has 2 aliphatic rings. The van der Waals surface area contributed by atoms with E-state index in [1.165, 1.54) is 5.56 Å². The van der Waals surface area contributed by atoms with Gasteiger partial charge in [-0.3, -0.25) is 4.79 Å². The largest absolute Gasteiger partial charge is 0.384 e. The molecular formula is C17H24N2O2. The first-order valence-electron chi connectivity index (χ1n) is 7.94. The highest BCUT2D eigenvalue weighted by molar-refractivity contribution is 6.00. The van der Waals surface area contributed by atoms with Crippen LogP contribution in [-0.2, 0) is 11.2 Å². The minimum atomic E-state index is 0.132. The van der Waals surface area contributed by atoms with Crippen LogP contribution in [0, 0.1) is 5.92 Å². The van der Waals surface area contributed by atoms with Crippen molar-refractivity contribution in [3.63, 3.8) is 0 Å². The summed E-state index contributed by atoms with van der Waals surface area (Å²) in [5.41, 5.74) is 3.14. The molecule has 114 valence electrons. The van der Waals surface area contributed by atoms with Crippen LogP contribution in [0.4, 0.5) is 5.69 Å². The number of fused-ring (bicyclic) bond motifs is 1. The molecule has 0 aliphatic carbocycles. The van der Waals surface area contributed by atoms with Crippen LogP contribution in [0.2, 0.25) is 0 Å². The normalized spacial score (nSPS) is 18.7. The van der Waals surface area contributed by atoms with Crippen molar-refractivity contribution in [3.05, 3.63) is 29.3 Å². The average molecular weight is 288 g/mol. The lowest BCUT2D eigenvalue weighted by Gasteiger charge is -2.28. The summed E-state index contributed by atoms with van der Waals surface area (Å²) in [6.45, 7) is 3.44. The number of rotatable bonds is 3. The first kappa shape index (κ1) is 14.4. The third-order valence-electron chi connectivity index (χ3n) is 4.53. The van der Waals surface area contributed by atoms with Gasteiger partial charge >= 0.3 is 0 Å². The molecule has 4 heteroatoms. The molecule has 1 aromatic rings. The van der Waals surface area contributed by atoms with Crippen LogP contribution < -0.4 is 5.32 Å². The Hall–Kier alpha value is -1.55. The van der Waals surface area contributed by atoms with Gasteiger partial charge in [0.2, 0.25) is 0 Å². The Balaban J connectivity index is 1.72. The fourth-order valence-corrected chi connectivity index (χ4v) is 3.29. The Morgan fingerprint density at radius 3 is 3.00 bits per heavy atom. The van der Waals surface area contributed by atoms with E-state index in [-0.39, 0.29) is 5.91 Å². The number of carbonyl (C=O) groups is 1. The molecule has 3 rings (SSSR count). The van der Waals surface area contributed by atoms with Crippen molar-refractivity contribution in [2.24, 2.45) is 5.92 Å². The molecule has 0 bridgehead atoms. The predicted octanol–water partition coefficient (Wildman–Crippen LogP) is 2.54. The molecule has 1 amide bonds. The summed E-state index contributed by atoms with van der Waals surface area (Å²) in [5.74, 6) is 0.702. The Kier molecular flexibility index (Phi) is 4.44. The third kappa shape index (κ3) is 3.21. The van der Waals surface area contributed by atoms with Gasteiger partial charge in [0, 0.05) is 33.4 Å². The van der Waals surface area contributed by atoms with Gasteiger partial charge in [-0.25, -0.2) is 0 Å². The molecule has 2 aliphatic heterocycles. The summed E-state index contributed by atoms with van der Waals surface area (Å²) >= 11 is 0. The van der Waals surface area contributed by atoms with Crippen molar-refractivity contribution in [1.82, 2.24) is 4.90 Å². The highest BCUT2D eigenvalue weighted by atomic mass is 16.5. The van der Waals surface area contributed by atoms with Crippen molar-refractivity contribution in [3.8, 4) is 0 Å². The van der Waals surface area contributed by atoms with E-state index in [1.54, 1.807) is 0 Å². The quantitative estimate of drug-likeness (QED) is 0.929. The molecule has 4 nitrogen and oxygen atoms in total. The number of hydrogen-bond acceptors (Lipinski definition) is 3. The van der Waals surface area contributed by atoms with Crippen molar-refractivity contribution < 1.29 is 9.53 Å². The van der Waals surface area contributed by atoms with E-state index >= 15 is 0 Å². The number of aryl methyl sites for hydroxylation is 1. The molecule has 0 spiro atoms. The first-order valence-corrected chi connectivity index (χ1v) is 7.94. The molecule has 2 heterocycles. The van der Waals surface area contributed by atoms with Crippen LogP contribution in [-0.4, -0.2) is 44.2 Å². The van der Waals surface area contributed by atoms with Gasteiger partial charge in [0.05, 0.1) is 11.3 Å². The summed E-state index contributed by atoms with van der Waals surface area (Å²) in [5, 5.41) is 3.40. The van der Waals surface area contributed by atoms with Gasteiger partial charge in [0.25, 0.3) is 5.91 Å². The van der Waals surface area contributed by atoms with Crippen molar-refractivity contribution in [2.75, 3.05) is 38.7 Å². The zero-order valence-corrected chi connectivity index (χ0v) is 12.7. The number of carbonyl (C=O) groups excluding carboxylic acids is 1. The monoisotopic (exact) mass is 288 g/mol. The summed E-state index contributed by atoms with van der Waals surface area (Å²) in [4.78, 5) is 14.6. The molecule has 0 radical (unpaired) electrons. The Morgan fingerprint density at radius 1 is 1.38 bits per heavy atom. The Bertz CT molecular complexity index is 510. The summed E-state index contributed by atoms with van der Waals surface area (Å²) in [6, 6.07) is 6.07. The van der Waals surface area contributed by atoms with E-state index in [2.05, 4.69) is 11.4 Å². The molecule has 0 saturated carbocycles. The molecule has 21 heavy (non-hydrogen) atoms. The summed E-state index contributed by atoms with van der Waals surface area (Å²) < 4.78 is 5.39. The van der Waals surface area contributed by atoms with Crippen LogP contribution in [0.15, 0.2) is 18.2 Å². The smallest absolute Gasteiger partial charge is 0.255 e. The molecule has 0 atom stereocenters. The van der Waals surface area contributed by atoms with Crippen LogP contribution >= 0.6 is 0 Å². The number of benzene rings is 1. The van der Waals surface area contributed by atoms with Crippen molar-refractivity contribution in [1.29, 1.82) is 0 Å². The summed E-state index contributed by atoms with van der Waals surface area (Å²) in [6.07, 6.45) is 4.32. The van der Waals surface area contributed by atoms with Gasteiger partial charge in [0.1, 0.15) is 0 Å². The highest BCUT2D eigenvalue weighted by Gasteiger charge is 2.23. The maximum Gasteiger partial charge on any atom is 0.255 e. The third-order valence-corrected chi connectivity index (χ3v) is 4.53. The van der Waals surface area contributed by atoms with E-state index in [4.69, 9.17) is 4.74 Å². The molecule has 0 unspecified atom stereocenters. The van der Waals surface area contributed by atoms with Gasteiger partial charge in [-0.1, -0.05) is 12.1 Å². The topological polar surface area (TPSA) is 41.6 Å². The standard InChI is InChI=1S/C17H24N2O2/c1-19(12-13-7-10-21-11-8-13)17(20)15-6-2-4-14-5-3-9-18-16(14)15/h2,4,6,13,18H,3,5,7-12H2,1H3. The van der Waals surface area contributed by atoms with E-state index in [1.807, 2.05) is 24.1 Å². The van der Waals surface area contributed by atoms with E-state index in [0.717, 1.165) is 63.2 Å². The fraction of sp³-hybridized carbons (Fsp3) is 0.588. The molecule has 1 aromatic carbocycles. The molecule has 1 fully saturated rings. The lowest BCUT2D eigenvalue weighted by atomic mass is 9.97. The Labute approximate surface area is 126 Å². The maximum atomic E-state index is 12.7. The number of amides is 1. The molecule has 0 aromatic heterocycles. The number of hydrogen-bond donors (Lipinski definition) is 1. The van der Waals surface area contributed by atoms with Gasteiger partial charge in [0.15, 0.2) is 0 Å². The average Bonchev–Trinajstić information content (AvgIpc) is 2.54. The SMILES string of the molecule is CN(CC1CCOCC1)C(=O)c1cccc2c1NCCC2. The minimum absolute atomic E-state index is 0.132. The van der Waals surface area contributed by atoms with Crippen LogP contribution in [0.5, 0.6) is 0 Å². The lowest BCUT2D eigenvalue weighted by Crippen LogP contribution is -2.34. The number of nitrogens with one attached hydrogen (secondary N) is 1. The van der Waals surface area contributed by atoms with Crippen LogP contribution in [0.3, 0.4) is 0 Å².